The van der Waals surface area contributed by atoms with Crippen LogP contribution in [0.1, 0.15) is 44.0 Å². The van der Waals surface area contributed by atoms with Crippen molar-refractivity contribution in [3.05, 3.63) is 41.5 Å². The van der Waals surface area contributed by atoms with Gasteiger partial charge in [-0.15, -0.1) is 0 Å². The third-order valence-corrected chi connectivity index (χ3v) is 3.45. The molecule has 0 aliphatic heterocycles. The highest BCUT2D eigenvalue weighted by atomic mass is 16.5. The summed E-state index contributed by atoms with van der Waals surface area (Å²) in [4.78, 5) is 27.8. The first-order valence-electron chi connectivity index (χ1n) is 8.00. The lowest BCUT2D eigenvalue weighted by Gasteiger charge is -2.06. The van der Waals surface area contributed by atoms with Crippen LogP contribution in [0, 0.1) is 0 Å². The van der Waals surface area contributed by atoms with Gasteiger partial charge in [-0.2, -0.15) is 4.98 Å². The molecular formula is C17H22N4O3. The molecule has 2 aromatic rings. The molecule has 0 saturated carbocycles. The maximum Gasteiger partial charge on any atom is 0.313 e. The molecule has 0 saturated heterocycles. The van der Waals surface area contributed by atoms with Gasteiger partial charge in [-0.3, -0.25) is 9.59 Å². The van der Waals surface area contributed by atoms with Gasteiger partial charge in [0.1, 0.15) is 0 Å². The molecule has 0 aliphatic carbocycles. The number of hydrogen-bond acceptors (Lipinski definition) is 5. The Kier molecular flexibility index (Phi) is 6.06. The molecule has 128 valence electrons. The first-order valence-corrected chi connectivity index (χ1v) is 8.00. The molecule has 7 nitrogen and oxygen atoms in total. The van der Waals surface area contributed by atoms with Crippen molar-refractivity contribution in [2.45, 2.75) is 39.5 Å². The first kappa shape index (κ1) is 17.7. The zero-order valence-electron chi connectivity index (χ0n) is 14.1. The number of benzene rings is 1. The maximum absolute atomic E-state index is 11.8. The van der Waals surface area contributed by atoms with E-state index in [1.54, 1.807) is 12.1 Å². The standard InChI is InChI=1S/C17H22N4O3/c1-4-12-5-7-13(8-6-12)19-17(23)16(22)18-10-9-14-20-15(11(2)3)21-24-14/h5-8,11H,4,9-10H2,1-3H3,(H,18,22)(H,19,23). The van der Waals surface area contributed by atoms with Gasteiger partial charge in [0.2, 0.25) is 5.89 Å². The van der Waals surface area contributed by atoms with Crippen LogP contribution in [0.4, 0.5) is 5.69 Å². The fourth-order valence-corrected chi connectivity index (χ4v) is 1.98. The van der Waals surface area contributed by atoms with Gasteiger partial charge < -0.3 is 15.2 Å². The third kappa shape index (κ3) is 4.91. The summed E-state index contributed by atoms with van der Waals surface area (Å²) in [6.07, 6.45) is 1.30. The van der Waals surface area contributed by atoms with E-state index < -0.39 is 11.8 Å². The fourth-order valence-electron chi connectivity index (χ4n) is 1.98. The lowest BCUT2D eigenvalue weighted by Crippen LogP contribution is -2.36. The van der Waals surface area contributed by atoms with Gasteiger partial charge in [-0.05, 0) is 24.1 Å². The van der Waals surface area contributed by atoms with E-state index in [2.05, 4.69) is 27.7 Å². The molecule has 2 rings (SSSR count). The average Bonchev–Trinajstić information content (AvgIpc) is 3.04. The Morgan fingerprint density at radius 2 is 1.88 bits per heavy atom. The molecule has 0 atom stereocenters. The highest BCUT2D eigenvalue weighted by Gasteiger charge is 2.14. The summed E-state index contributed by atoms with van der Waals surface area (Å²) < 4.78 is 5.07. The molecule has 0 fully saturated rings. The molecule has 1 aromatic heterocycles. The van der Waals surface area contributed by atoms with Crippen LogP contribution in [-0.2, 0) is 22.4 Å². The molecule has 1 heterocycles. The molecule has 0 spiro atoms. The summed E-state index contributed by atoms with van der Waals surface area (Å²) in [7, 11) is 0. The molecule has 7 heteroatoms. The third-order valence-electron chi connectivity index (χ3n) is 3.45. The van der Waals surface area contributed by atoms with Gasteiger partial charge in [-0.1, -0.05) is 38.1 Å². The van der Waals surface area contributed by atoms with E-state index in [0.29, 0.717) is 23.8 Å². The van der Waals surface area contributed by atoms with Crippen LogP contribution in [0.25, 0.3) is 0 Å². The second kappa shape index (κ2) is 8.24. The fraction of sp³-hybridized carbons (Fsp3) is 0.412. The molecule has 24 heavy (non-hydrogen) atoms. The lowest BCUT2D eigenvalue weighted by molar-refractivity contribution is -0.136. The Bertz CT molecular complexity index is 692. The summed E-state index contributed by atoms with van der Waals surface area (Å²) in [5.41, 5.74) is 1.75. The van der Waals surface area contributed by atoms with E-state index in [1.165, 1.54) is 0 Å². The largest absolute Gasteiger partial charge is 0.347 e. The number of aryl methyl sites for hydroxylation is 1. The summed E-state index contributed by atoms with van der Waals surface area (Å²) >= 11 is 0. The van der Waals surface area contributed by atoms with Gasteiger partial charge in [0, 0.05) is 24.6 Å². The van der Waals surface area contributed by atoms with Crippen molar-refractivity contribution in [2.75, 3.05) is 11.9 Å². The quantitative estimate of drug-likeness (QED) is 0.790. The summed E-state index contributed by atoms with van der Waals surface area (Å²) in [6.45, 7) is 6.23. The van der Waals surface area contributed by atoms with E-state index in [4.69, 9.17) is 4.52 Å². The Balaban J connectivity index is 1.77. The zero-order valence-corrected chi connectivity index (χ0v) is 14.1. The van der Waals surface area contributed by atoms with Crippen molar-refractivity contribution in [3.8, 4) is 0 Å². The minimum absolute atomic E-state index is 0.182. The number of anilines is 1. The van der Waals surface area contributed by atoms with Crippen molar-refractivity contribution in [1.29, 1.82) is 0 Å². The Labute approximate surface area is 140 Å². The number of nitrogens with one attached hydrogen (secondary N) is 2. The summed E-state index contributed by atoms with van der Waals surface area (Å²) in [6, 6.07) is 7.37. The molecule has 2 amide bonds. The zero-order chi connectivity index (χ0) is 17.5. The second-order valence-electron chi connectivity index (χ2n) is 5.71. The van der Waals surface area contributed by atoms with E-state index in [-0.39, 0.29) is 12.5 Å². The topological polar surface area (TPSA) is 97.1 Å². The summed E-state index contributed by atoms with van der Waals surface area (Å²) in [5.74, 6) is -0.146. The van der Waals surface area contributed by atoms with Gasteiger partial charge in [-0.25, -0.2) is 0 Å². The minimum atomic E-state index is -0.701. The highest BCUT2D eigenvalue weighted by molar-refractivity contribution is 6.39. The predicted octanol–water partition coefficient (Wildman–Crippen LogP) is 2.05. The van der Waals surface area contributed by atoms with E-state index in [9.17, 15) is 9.59 Å². The number of carbonyl (C=O) groups is 2. The number of amides is 2. The molecule has 0 unspecified atom stereocenters. The van der Waals surface area contributed by atoms with Crippen LogP contribution >= 0.6 is 0 Å². The normalized spacial score (nSPS) is 10.7. The number of nitrogens with zero attached hydrogens (tertiary/aromatic N) is 2. The Morgan fingerprint density at radius 3 is 2.46 bits per heavy atom. The van der Waals surface area contributed by atoms with E-state index in [0.717, 1.165) is 12.0 Å². The van der Waals surface area contributed by atoms with E-state index in [1.807, 2.05) is 26.0 Å². The number of aromatic nitrogens is 2. The number of carbonyl (C=O) groups excluding carboxylic acids is 2. The first-order chi connectivity index (χ1) is 11.5. The van der Waals surface area contributed by atoms with Crippen LogP contribution in [0.3, 0.4) is 0 Å². The molecule has 0 bridgehead atoms. The van der Waals surface area contributed by atoms with Crippen LogP contribution in [0.15, 0.2) is 28.8 Å². The molecule has 0 radical (unpaired) electrons. The molecule has 0 aliphatic rings. The van der Waals surface area contributed by atoms with Gasteiger partial charge >= 0.3 is 11.8 Å². The molecule has 1 aromatic carbocycles. The van der Waals surface area contributed by atoms with Gasteiger partial charge in [0.05, 0.1) is 0 Å². The van der Waals surface area contributed by atoms with Crippen molar-refractivity contribution >= 4 is 17.5 Å². The second-order valence-corrected chi connectivity index (χ2v) is 5.71. The van der Waals surface area contributed by atoms with Crippen LogP contribution in [-0.4, -0.2) is 28.5 Å². The van der Waals surface area contributed by atoms with Crippen LogP contribution < -0.4 is 10.6 Å². The van der Waals surface area contributed by atoms with Crippen molar-refractivity contribution < 1.29 is 14.1 Å². The molecule has 2 N–H and O–H groups in total. The van der Waals surface area contributed by atoms with Crippen LogP contribution in [0.5, 0.6) is 0 Å². The summed E-state index contributed by atoms with van der Waals surface area (Å²) in [5, 5.41) is 8.93. The Hall–Kier alpha value is -2.70. The monoisotopic (exact) mass is 330 g/mol. The van der Waals surface area contributed by atoms with Crippen molar-refractivity contribution in [1.82, 2.24) is 15.5 Å². The molecular weight excluding hydrogens is 308 g/mol. The van der Waals surface area contributed by atoms with Crippen LogP contribution in [0.2, 0.25) is 0 Å². The maximum atomic E-state index is 11.8. The number of rotatable bonds is 6. The number of hydrogen-bond donors (Lipinski definition) is 2. The smallest absolute Gasteiger partial charge is 0.313 e. The van der Waals surface area contributed by atoms with Gasteiger partial charge in [0.25, 0.3) is 0 Å². The minimum Gasteiger partial charge on any atom is -0.347 e. The van der Waals surface area contributed by atoms with Crippen molar-refractivity contribution in [3.63, 3.8) is 0 Å². The highest BCUT2D eigenvalue weighted by Crippen LogP contribution is 2.10. The lowest BCUT2D eigenvalue weighted by atomic mass is 10.1. The van der Waals surface area contributed by atoms with Gasteiger partial charge in [0.15, 0.2) is 5.82 Å². The predicted molar refractivity (Wildman–Crippen MR) is 89.6 cm³/mol. The van der Waals surface area contributed by atoms with E-state index >= 15 is 0 Å². The van der Waals surface area contributed by atoms with Crippen molar-refractivity contribution in [2.24, 2.45) is 0 Å². The SMILES string of the molecule is CCc1ccc(NC(=O)C(=O)NCCc2nc(C(C)C)no2)cc1. The Morgan fingerprint density at radius 1 is 1.17 bits per heavy atom. The average molecular weight is 330 g/mol.